The lowest BCUT2D eigenvalue weighted by atomic mass is 9.98. The second kappa shape index (κ2) is 5.50. The predicted molar refractivity (Wildman–Crippen MR) is 79.9 cm³/mol. The van der Waals surface area contributed by atoms with Crippen molar-refractivity contribution in [3.05, 3.63) is 75.9 Å². The van der Waals surface area contributed by atoms with Crippen LogP contribution in [0.25, 0.3) is 10.9 Å². The Morgan fingerprint density at radius 1 is 1.00 bits per heavy atom. The van der Waals surface area contributed by atoms with E-state index in [1.165, 1.54) is 12.1 Å². The topological polar surface area (TPSA) is 33.1 Å². The van der Waals surface area contributed by atoms with Gasteiger partial charge in [0.15, 0.2) is 11.6 Å². The van der Waals surface area contributed by atoms with E-state index in [0.29, 0.717) is 11.1 Å². The molecule has 5 heteroatoms. The van der Waals surface area contributed by atoms with Crippen molar-refractivity contribution in [2.45, 2.75) is 6.10 Å². The molecule has 0 aliphatic rings. The molecule has 2 nitrogen and oxygen atoms in total. The Kier molecular flexibility index (Phi) is 3.69. The Balaban J connectivity index is 2.21. The molecule has 0 saturated heterocycles. The van der Waals surface area contributed by atoms with Crippen molar-refractivity contribution >= 4 is 26.8 Å². The molecule has 106 valence electrons. The van der Waals surface area contributed by atoms with Gasteiger partial charge in [-0.05, 0) is 18.2 Å². The van der Waals surface area contributed by atoms with E-state index < -0.39 is 17.7 Å². The minimum Gasteiger partial charge on any atom is -0.383 e. The monoisotopic (exact) mass is 349 g/mol. The molecule has 1 heterocycles. The zero-order chi connectivity index (χ0) is 15.0. The standard InChI is InChI=1S/C16H10BrF2NO/c17-12-7-6-11(15-9(12)4-2-8-20-15)16(21)10-3-1-5-13(18)14(10)19/h1-8,16,21H. The summed E-state index contributed by atoms with van der Waals surface area (Å²) >= 11 is 3.41. The summed E-state index contributed by atoms with van der Waals surface area (Å²) in [4.78, 5) is 4.23. The van der Waals surface area contributed by atoms with Gasteiger partial charge >= 0.3 is 0 Å². The third-order valence-corrected chi connectivity index (χ3v) is 4.01. The summed E-state index contributed by atoms with van der Waals surface area (Å²) in [5.41, 5.74) is 0.866. The SMILES string of the molecule is OC(c1cccc(F)c1F)c1ccc(Br)c2cccnc12. The molecule has 0 radical (unpaired) electrons. The van der Waals surface area contributed by atoms with Gasteiger partial charge in [0.2, 0.25) is 0 Å². The lowest BCUT2D eigenvalue weighted by molar-refractivity contribution is 0.214. The molecule has 0 aliphatic carbocycles. The van der Waals surface area contributed by atoms with E-state index >= 15 is 0 Å². The molecule has 21 heavy (non-hydrogen) atoms. The van der Waals surface area contributed by atoms with E-state index in [2.05, 4.69) is 20.9 Å². The first-order chi connectivity index (χ1) is 10.1. The van der Waals surface area contributed by atoms with Crippen LogP contribution in [-0.4, -0.2) is 10.1 Å². The highest BCUT2D eigenvalue weighted by atomic mass is 79.9. The normalized spacial score (nSPS) is 12.6. The number of nitrogens with zero attached hydrogens (tertiary/aromatic N) is 1. The number of benzene rings is 2. The number of hydrogen-bond acceptors (Lipinski definition) is 2. The molecular formula is C16H10BrF2NO. The lowest BCUT2D eigenvalue weighted by Gasteiger charge is -2.15. The number of aliphatic hydroxyl groups excluding tert-OH is 1. The first-order valence-electron chi connectivity index (χ1n) is 6.24. The van der Waals surface area contributed by atoms with E-state index in [1.807, 2.05) is 6.07 Å². The van der Waals surface area contributed by atoms with Gasteiger partial charge in [-0.1, -0.05) is 40.2 Å². The third kappa shape index (κ3) is 2.43. The number of hydrogen-bond donors (Lipinski definition) is 1. The summed E-state index contributed by atoms with van der Waals surface area (Å²) in [6, 6.07) is 10.7. The molecule has 3 rings (SSSR count). The van der Waals surface area contributed by atoms with Crippen LogP contribution in [0.3, 0.4) is 0 Å². The Morgan fingerprint density at radius 3 is 2.62 bits per heavy atom. The van der Waals surface area contributed by atoms with Crippen molar-refractivity contribution in [3.8, 4) is 0 Å². The van der Waals surface area contributed by atoms with Crippen molar-refractivity contribution in [2.24, 2.45) is 0 Å². The first kappa shape index (κ1) is 14.1. The van der Waals surface area contributed by atoms with Crippen molar-refractivity contribution in [3.63, 3.8) is 0 Å². The van der Waals surface area contributed by atoms with Crippen LogP contribution in [0.4, 0.5) is 8.78 Å². The molecule has 0 bridgehead atoms. The molecule has 0 fully saturated rings. The average molecular weight is 350 g/mol. The molecule has 0 saturated carbocycles. The third-order valence-electron chi connectivity index (χ3n) is 3.32. The number of aliphatic hydroxyl groups is 1. The molecule has 2 aromatic carbocycles. The Labute approximate surface area is 128 Å². The highest BCUT2D eigenvalue weighted by molar-refractivity contribution is 9.10. The van der Waals surface area contributed by atoms with Gasteiger partial charge in [-0.2, -0.15) is 0 Å². The van der Waals surface area contributed by atoms with E-state index in [9.17, 15) is 13.9 Å². The number of rotatable bonds is 2. The van der Waals surface area contributed by atoms with Gasteiger partial charge in [0, 0.05) is 27.2 Å². The smallest absolute Gasteiger partial charge is 0.164 e. The highest BCUT2D eigenvalue weighted by Gasteiger charge is 2.20. The number of aromatic nitrogens is 1. The maximum absolute atomic E-state index is 13.9. The summed E-state index contributed by atoms with van der Waals surface area (Å²) in [5.74, 6) is -2.03. The number of fused-ring (bicyclic) bond motifs is 1. The van der Waals surface area contributed by atoms with Crippen LogP contribution < -0.4 is 0 Å². The van der Waals surface area contributed by atoms with Crippen LogP contribution in [0.1, 0.15) is 17.2 Å². The van der Waals surface area contributed by atoms with Crippen LogP contribution in [0.5, 0.6) is 0 Å². The minimum atomic E-state index is -1.29. The zero-order valence-electron chi connectivity index (χ0n) is 10.7. The van der Waals surface area contributed by atoms with Crippen LogP contribution in [-0.2, 0) is 0 Å². The van der Waals surface area contributed by atoms with Gasteiger partial charge in [-0.3, -0.25) is 4.98 Å². The minimum absolute atomic E-state index is 0.107. The molecular weight excluding hydrogens is 340 g/mol. The lowest BCUT2D eigenvalue weighted by Crippen LogP contribution is -2.05. The maximum atomic E-state index is 13.9. The Hall–Kier alpha value is -1.85. The molecule has 0 amide bonds. The molecule has 0 aliphatic heterocycles. The molecule has 1 aromatic heterocycles. The van der Waals surface area contributed by atoms with E-state index in [4.69, 9.17) is 0 Å². The Morgan fingerprint density at radius 2 is 1.81 bits per heavy atom. The maximum Gasteiger partial charge on any atom is 0.164 e. The average Bonchev–Trinajstić information content (AvgIpc) is 2.50. The van der Waals surface area contributed by atoms with Crippen molar-refractivity contribution in [2.75, 3.05) is 0 Å². The van der Waals surface area contributed by atoms with Gasteiger partial charge in [0.25, 0.3) is 0 Å². The second-order valence-corrected chi connectivity index (χ2v) is 5.44. The van der Waals surface area contributed by atoms with Gasteiger partial charge < -0.3 is 5.11 Å². The van der Waals surface area contributed by atoms with Gasteiger partial charge in [0.05, 0.1) is 5.52 Å². The van der Waals surface area contributed by atoms with E-state index in [0.717, 1.165) is 15.9 Å². The fourth-order valence-corrected chi connectivity index (χ4v) is 2.73. The number of halogens is 3. The molecule has 0 spiro atoms. The van der Waals surface area contributed by atoms with Crippen molar-refractivity contribution in [1.82, 2.24) is 4.98 Å². The summed E-state index contributed by atoms with van der Waals surface area (Å²) < 4.78 is 28.0. The molecule has 1 N–H and O–H groups in total. The molecule has 1 unspecified atom stereocenters. The largest absolute Gasteiger partial charge is 0.383 e. The van der Waals surface area contributed by atoms with Crippen LogP contribution in [0, 0.1) is 11.6 Å². The predicted octanol–water partition coefficient (Wildman–Crippen LogP) is 4.36. The first-order valence-corrected chi connectivity index (χ1v) is 7.04. The van der Waals surface area contributed by atoms with Crippen molar-refractivity contribution in [1.29, 1.82) is 0 Å². The van der Waals surface area contributed by atoms with Gasteiger partial charge in [-0.15, -0.1) is 0 Å². The molecule has 3 aromatic rings. The van der Waals surface area contributed by atoms with Gasteiger partial charge in [-0.25, -0.2) is 8.78 Å². The summed E-state index contributed by atoms with van der Waals surface area (Å²) in [6.45, 7) is 0. The summed E-state index contributed by atoms with van der Waals surface area (Å²) in [6.07, 6.45) is 0.304. The van der Waals surface area contributed by atoms with E-state index in [1.54, 1.807) is 24.4 Å². The highest BCUT2D eigenvalue weighted by Crippen LogP contribution is 2.32. The fourth-order valence-electron chi connectivity index (χ4n) is 2.28. The van der Waals surface area contributed by atoms with Gasteiger partial charge in [0.1, 0.15) is 6.10 Å². The summed E-state index contributed by atoms with van der Waals surface area (Å²) in [7, 11) is 0. The van der Waals surface area contributed by atoms with Crippen molar-refractivity contribution < 1.29 is 13.9 Å². The Bertz CT molecular complexity index is 822. The summed E-state index contributed by atoms with van der Waals surface area (Å²) in [5, 5.41) is 11.2. The van der Waals surface area contributed by atoms with Crippen LogP contribution >= 0.6 is 15.9 Å². The number of pyridine rings is 1. The quantitative estimate of drug-likeness (QED) is 0.745. The fraction of sp³-hybridized carbons (Fsp3) is 0.0625. The second-order valence-electron chi connectivity index (χ2n) is 4.58. The molecule has 1 atom stereocenters. The van der Waals surface area contributed by atoms with Crippen LogP contribution in [0.15, 0.2) is 53.1 Å². The van der Waals surface area contributed by atoms with E-state index in [-0.39, 0.29) is 5.56 Å². The zero-order valence-corrected chi connectivity index (χ0v) is 12.3. The van der Waals surface area contributed by atoms with Crippen LogP contribution in [0.2, 0.25) is 0 Å².